The Morgan fingerprint density at radius 3 is 2.76 bits per heavy atom. The van der Waals surface area contributed by atoms with E-state index >= 15 is 0 Å². The number of nitrogens with two attached hydrogens (primary N) is 1. The molecule has 0 aliphatic carbocycles. The maximum atomic E-state index is 5.81. The molecule has 0 saturated heterocycles. The number of nitrogens with zero attached hydrogens (tertiary/aromatic N) is 1. The van der Waals surface area contributed by atoms with E-state index in [2.05, 4.69) is 20.9 Å². The summed E-state index contributed by atoms with van der Waals surface area (Å²) in [4.78, 5) is 4.00. The Hall–Kier alpha value is -1.39. The number of aromatic nitrogens is 1. The first-order chi connectivity index (χ1) is 8.16. The second kappa shape index (κ2) is 5.29. The molecule has 0 fully saturated rings. The predicted octanol–water partition coefficient (Wildman–Crippen LogP) is 3.66. The van der Waals surface area contributed by atoms with Crippen LogP contribution < -0.4 is 10.5 Å². The molecular weight excluding hydrogens is 280 g/mol. The fourth-order valence-corrected chi connectivity index (χ4v) is 1.89. The van der Waals surface area contributed by atoms with Gasteiger partial charge in [0, 0.05) is 12.2 Å². The summed E-state index contributed by atoms with van der Waals surface area (Å²) >= 11 is 3.47. The lowest BCUT2D eigenvalue weighted by molar-refractivity contribution is 0.477. The maximum Gasteiger partial charge on any atom is 0.145 e. The number of hydrogen-bond acceptors (Lipinski definition) is 3. The van der Waals surface area contributed by atoms with E-state index in [1.807, 2.05) is 37.3 Å². The fraction of sp³-hybridized carbons (Fsp3) is 0.154. The van der Waals surface area contributed by atoms with E-state index in [4.69, 9.17) is 10.5 Å². The van der Waals surface area contributed by atoms with Crippen molar-refractivity contribution in [3.05, 3.63) is 52.8 Å². The summed E-state index contributed by atoms with van der Waals surface area (Å²) in [7, 11) is 0. The Morgan fingerprint density at radius 1 is 1.35 bits per heavy atom. The Morgan fingerprint density at radius 2 is 2.18 bits per heavy atom. The molecule has 4 heteroatoms. The van der Waals surface area contributed by atoms with Crippen LogP contribution in [0.3, 0.4) is 0 Å². The van der Waals surface area contributed by atoms with Crippen molar-refractivity contribution in [2.75, 3.05) is 0 Å². The zero-order valence-corrected chi connectivity index (χ0v) is 11.0. The minimum Gasteiger partial charge on any atom is -0.455 e. The number of benzene rings is 1. The highest BCUT2D eigenvalue weighted by molar-refractivity contribution is 9.10. The molecule has 0 unspecified atom stereocenters. The predicted molar refractivity (Wildman–Crippen MR) is 71.1 cm³/mol. The summed E-state index contributed by atoms with van der Waals surface area (Å²) < 4.78 is 6.58. The van der Waals surface area contributed by atoms with Crippen molar-refractivity contribution in [2.24, 2.45) is 5.73 Å². The smallest absolute Gasteiger partial charge is 0.145 e. The topological polar surface area (TPSA) is 48.1 Å². The summed E-state index contributed by atoms with van der Waals surface area (Å²) in [6.07, 6.45) is 3.38. The SMILES string of the molecule is C[C@@H](N)c1ccc(Oc2cccnc2)c(Br)c1. The number of ether oxygens (including phenoxy) is 1. The first-order valence-corrected chi connectivity index (χ1v) is 6.09. The lowest BCUT2D eigenvalue weighted by Crippen LogP contribution is -2.04. The van der Waals surface area contributed by atoms with E-state index in [1.54, 1.807) is 12.4 Å². The van der Waals surface area contributed by atoms with E-state index in [0.717, 1.165) is 15.8 Å². The monoisotopic (exact) mass is 292 g/mol. The van der Waals surface area contributed by atoms with E-state index in [9.17, 15) is 0 Å². The standard InChI is InChI=1S/C13H13BrN2O/c1-9(15)10-4-5-13(12(14)7-10)17-11-3-2-6-16-8-11/h2-9H,15H2,1H3/t9-/m1/s1. The minimum absolute atomic E-state index is 0.0127. The van der Waals surface area contributed by atoms with Crippen molar-refractivity contribution in [1.82, 2.24) is 4.98 Å². The van der Waals surface area contributed by atoms with E-state index in [-0.39, 0.29) is 6.04 Å². The molecular formula is C13H13BrN2O. The van der Waals surface area contributed by atoms with E-state index in [1.165, 1.54) is 0 Å². The summed E-state index contributed by atoms with van der Waals surface area (Å²) in [6, 6.07) is 9.53. The average Bonchev–Trinajstić information content (AvgIpc) is 2.33. The van der Waals surface area contributed by atoms with Crippen LogP contribution in [0.15, 0.2) is 47.2 Å². The van der Waals surface area contributed by atoms with Gasteiger partial charge in [0.15, 0.2) is 0 Å². The van der Waals surface area contributed by atoms with Crippen molar-refractivity contribution >= 4 is 15.9 Å². The fourth-order valence-electron chi connectivity index (χ4n) is 1.42. The molecule has 88 valence electrons. The molecule has 3 nitrogen and oxygen atoms in total. The van der Waals surface area contributed by atoms with Crippen LogP contribution in [0.25, 0.3) is 0 Å². The third kappa shape index (κ3) is 3.05. The molecule has 1 aromatic heterocycles. The van der Waals surface area contributed by atoms with Crippen molar-refractivity contribution in [1.29, 1.82) is 0 Å². The van der Waals surface area contributed by atoms with Gasteiger partial charge in [-0.15, -0.1) is 0 Å². The van der Waals surface area contributed by atoms with E-state index in [0.29, 0.717) is 5.75 Å². The number of pyridine rings is 1. The Kier molecular flexibility index (Phi) is 3.76. The largest absolute Gasteiger partial charge is 0.455 e. The second-order valence-corrected chi connectivity index (χ2v) is 4.62. The van der Waals surface area contributed by atoms with Crippen molar-refractivity contribution in [2.45, 2.75) is 13.0 Å². The molecule has 2 rings (SSSR count). The van der Waals surface area contributed by atoms with Crippen molar-refractivity contribution < 1.29 is 4.74 Å². The number of hydrogen-bond donors (Lipinski definition) is 1. The van der Waals surface area contributed by atoms with Crippen LogP contribution in [-0.4, -0.2) is 4.98 Å². The highest BCUT2D eigenvalue weighted by atomic mass is 79.9. The van der Waals surface area contributed by atoms with Gasteiger partial charge < -0.3 is 10.5 Å². The summed E-state index contributed by atoms with van der Waals surface area (Å²) in [5.41, 5.74) is 6.88. The first kappa shape index (κ1) is 12.1. The Balaban J connectivity index is 2.23. The number of halogens is 1. The molecule has 2 N–H and O–H groups in total. The van der Waals surface area contributed by atoms with Gasteiger partial charge in [-0.1, -0.05) is 6.07 Å². The average molecular weight is 293 g/mol. The van der Waals surface area contributed by atoms with Gasteiger partial charge in [0.25, 0.3) is 0 Å². The first-order valence-electron chi connectivity index (χ1n) is 5.30. The van der Waals surface area contributed by atoms with Gasteiger partial charge >= 0.3 is 0 Å². The van der Waals surface area contributed by atoms with Gasteiger partial charge in [-0.3, -0.25) is 4.98 Å². The molecule has 17 heavy (non-hydrogen) atoms. The van der Waals surface area contributed by atoms with Crippen molar-refractivity contribution in [3.63, 3.8) is 0 Å². The van der Waals surface area contributed by atoms with Gasteiger partial charge in [0.1, 0.15) is 11.5 Å². The molecule has 0 radical (unpaired) electrons. The van der Waals surface area contributed by atoms with Crippen LogP contribution in [0.2, 0.25) is 0 Å². The van der Waals surface area contributed by atoms with Gasteiger partial charge in [0.2, 0.25) is 0 Å². The van der Waals surface area contributed by atoms with Gasteiger partial charge in [-0.05, 0) is 52.7 Å². The number of rotatable bonds is 3. The van der Waals surface area contributed by atoms with Crippen LogP contribution in [0.5, 0.6) is 11.5 Å². The molecule has 0 saturated carbocycles. The third-order valence-corrected chi connectivity index (χ3v) is 2.96. The molecule has 2 aromatic rings. The van der Waals surface area contributed by atoms with Crippen LogP contribution in [0.4, 0.5) is 0 Å². The molecule has 0 aliphatic rings. The van der Waals surface area contributed by atoms with Crippen LogP contribution in [-0.2, 0) is 0 Å². The quantitative estimate of drug-likeness (QED) is 0.939. The molecule has 0 spiro atoms. The lowest BCUT2D eigenvalue weighted by atomic mass is 10.1. The maximum absolute atomic E-state index is 5.81. The van der Waals surface area contributed by atoms with Crippen molar-refractivity contribution in [3.8, 4) is 11.5 Å². The molecule has 0 amide bonds. The Labute approximate surface area is 109 Å². The minimum atomic E-state index is 0.0127. The summed E-state index contributed by atoms with van der Waals surface area (Å²) in [6.45, 7) is 1.95. The third-order valence-electron chi connectivity index (χ3n) is 2.34. The lowest BCUT2D eigenvalue weighted by Gasteiger charge is -2.10. The van der Waals surface area contributed by atoms with Crippen LogP contribution >= 0.6 is 15.9 Å². The zero-order valence-electron chi connectivity index (χ0n) is 9.43. The van der Waals surface area contributed by atoms with Crippen LogP contribution in [0, 0.1) is 0 Å². The highest BCUT2D eigenvalue weighted by Gasteiger charge is 2.06. The normalized spacial score (nSPS) is 12.2. The molecule has 1 heterocycles. The summed E-state index contributed by atoms with van der Waals surface area (Å²) in [5.74, 6) is 1.46. The second-order valence-electron chi connectivity index (χ2n) is 3.77. The molecule has 0 aliphatic heterocycles. The molecule has 1 aromatic carbocycles. The molecule has 0 bridgehead atoms. The van der Waals surface area contributed by atoms with Crippen LogP contribution in [0.1, 0.15) is 18.5 Å². The van der Waals surface area contributed by atoms with Gasteiger partial charge in [-0.25, -0.2) is 0 Å². The van der Waals surface area contributed by atoms with E-state index < -0.39 is 0 Å². The highest BCUT2D eigenvalue weighted by Crippen LogP contribution is 2.31. The molecule has 1 atom stereocenters. The zero-order chi connectivity index (χ0) is 12.3. The van der Waals surface area contributed by atoms with Gasteiger partial charge in [0.05, 0.1) is 10.7 Å². The Bertz CT molecular complexity index is 500. The summed E-state index contributed by atoms with van der Waals surface area (Å²) in [5, 5.41) is 0. The van der Waals surface area contributed by atoms with Gasteiger partial charge in [-0.2, -0.15) is 0 Å².